The van der Waals surface area contributed by atoms with Crippen LogP contribution in [0.15, 0.2) is 28.7 Å². The van der Waals surface area contributed by atoms with Gasteiger partial charge in [-0.15, -0.1) is 0 Å². The van der Waals surface area contributed by atoms with Crippen LogP contribution < -0.4 is 5.73 Å². The first-order valence-electron chi connectivity index (χ1n) is 6.74. The van der Waals surface area contributed by atoms with Gasteiger partial charge in [0.1, 0.15) is 0 Å². The maximum atomic E-state index is 6.28. The summed E-state index contributed by atoms with van der Waals surface area (Å²) in [7, 11) is 0. The minimum Gasteiger partial charge on any atom is -0.327 e. The van der Waals surface area contributed by atoms with Crippen LogP contribution in [-0.2, 0) is 6.42 Å². The molecule has 0 aromatic heterocycles. The third-order valence-electron chi connectivity index (χ3n) is 3.80. The van der Waals surface area contributed by atoms with E-state index in [0.29, 0.717) is 6.04 Å². The molecule has 1 nitrogen and oxygen atoms in total. The van der Waals surface area contributed by atoms with E-state index in [-0.39, 0.29) is 0 Å². The van der Waals surface area contributed by atoms with Crippen molar-refractivity contribution in [1.29, 1.82) is 0 Å². The van der Waals surface area contributed by atoms with E-state index in [0.717, 1.165) is 12.3 Å². The van der Waals surface area contributed by atoms with Crippen LogP contribution in [0.4, 0.5) is 0 Å². The fraction of sp³-hybridized carbons (Fsp3) is 0.600. The van der Waals surface area contributed by atoms with E-state index in [1.54, 1.807) is 0 Å². The van der Waals surface area contributed by atoms with Gasteiger partial charge >= 0.3 is 0 Å². The molecular weight excluding hydrogens is 274 g/mol. The second-order valence-electron chi connectivity index (χ2n) is 5.30. The molecule has 17 heavy (non-hydrogen) atoms. The summed E-state index contributed by atoms with van der Waals surface area (Å²) in [5.41, 5.74) is 7.63. The summed E-state index contributed by atoms with van der Waals surface area (Å²) in [5.74, 6) is 0.876. The standard InChI is InChI=1S/C15H22BrN/c16-15-9-5-4-8-13(15)11-14(17)10-12-6-2-1-3-7-12/h4-5,8-9,12,14H,1-3,6-7,10-11,17H2. The topological polar surface area (TPSA) is 26.0 Å². The molecule has 2 rings (SSSR count). The maximum absolute atomic E-state index is 6.28. The van der Waals surface area contributed by atoms with Crippen molar-refractivity contribution in [2.45, 2.75) is 51.0 Å². The van der Waals surface area contributed by atoms with Gasteiger partial charge < -0.3 is 5.73 Å². The van der Waals surface area contributed by atoms with Crippen molar-refractivity contribution < 1.29 is 0 Å². The molecule has 94 valence electrons. The van der Waals surface area contributed by atoms with Crippen molar-refractivity contribution >= 4 is 15.9 Å². The fourth-order valence-electron chi connectivity index (χ4n) is 2.88. The molecule has 0 heterocycles. The molecule has 1 saturated carbocycles. The lowest BCUT2D eigenvalue weighted by atomic mass is 9.84. The highest BCUT2D eigenvalue weighted by Crippen LogP contribution is 2.28. The molecule has 0 bridgehead atoms. The highest BCUT2D eigenvalue weighted by atomic mass is 79.9. The van der Waals surface area contributed by atoms with Gasteiger partial charge in [0.2, 0.25) is 0 Å². The van der Waals surface area contributed by atoms with Crippen LogP contribution in [-0.4, -0.2) is 6.04 Å². The van der Waals surface area contributed by atoms with E-state index >= 15 is 0 Å². The summed E-state index contributed by atoms with van der Waals surface area (Å²) in [6.07, 6.45) is 9.22. The van der Waals surface area contributed by atoms with Crippen molar-refractivity contribution in [3.8, 4) is 0 Å². The Morgan fingerprint density at radius 3 is 2.59 bits per heavy atom. The molecule has 1 aromatic carbocycles. The van der Waals surface area contributed by atoms with Crippen molar-refractivity contribution in [1.82, 2.24) is 0 Å². The molecule has 1 unspecified atom stereocenters. The van der Waals surface area contributed by atoms with E-state index in [9.17, 15) is 0 Å². The Kier molecular flexibility index (Phi) is 5.05. The van der Waals surface area contributed by atoms with Gasteiger partial charge in [0, 0.05) is 10.5 Å². The normalized spacial score (nSPS) is 19.2. The second kappa shape index (κ2) is 6.55. The first-order chi connectivity index (χ1) is 8.25. The van der Waals surface area contributed by atoms with Gasteiger partial charge in [0.05, 0.1) is 0 Å². The third-order valence-corrected chi connectivity index (χ3v) is 4.57. The molecule has 1 fully saturated rings. The van der Waals surface area contributed by atoms with Gasteiger partial charge in [0.15, 0.2) is 0 Å². The number of hydrogen-bond donors (Lipinski definition) is 1. The second-order valence-corrected chi connectivity index (χ2v) is 6.15. The third kappa shape index (κ3) is 4.11. The zero-order valence-electron chi connectivity index (χ0n) is 10.4. The Hall–Kier alpha value is -0.340. The summed E-state index contributed by atoms with van der Waals surface area (Å²) in [6, 6.07) is 8.73. The zero-order chi connectivity index (χ0) is 12.1. The largest absolute Gasteiger partial charge is 0.327 e. The molecule has 0 aliphatic heterocycles. The Labute approximate surface area is 113 Å². The molecule has 0 spiro atoms. The first kappa shape index (κ1) is 13.1. The fourth-order valence-corrected chi connectivity index (χ4v) is 3.33. The van der Waals surface area contributed by atoms with Crippen LogP contribution in [0.1, 0.15) is 44.1 Å². The number of nitrogens with two attached hydrogens (primary N) is 1. The van der Waals surface area contributed by atoms with Crippen molar-refractivity contribution in [3.63, 3.8) is 0 Å². The van der Waals surface area contributed by atoms with E-state index in [2.05, 4.69) is 40.2 Å². The van der Waals surface area contributed by atoms with Gasteiger partial charge in [-0.25, -0.2) is 0 Å². The van der Waals surface area contributed by atoms with Crippen LogP contribution in [0.3, 0.4) is 0 Å². The molecular formula is C15H22BrN. The van der Waals surface area contributed by atoms with E-state index < -0.39 is 0 Å². The van der Waals surface area contributed by atoms with E-state index in [1.807, 2.05) is 0 Å². The number of halogens is 1. The molecule has 1 aliphatic rings. The molecule has 0 amide bonds. The van der Waals surface area contributed by atoms with Gasteiger partial charge in [0.25, 0.3) is 0 Å². The molecule has 2 N–H and O–H groups in total. The summed E-state index contributed by atoms with van der Waals surface area (Å²) >= 11 is 3.59. The van der Waals surface area contributed by atoms with Crippen LogP contribution in [0, 0.1) is 5.92 Å². The Morgan fingerprint density at radius 1 is 1.18 bits per heavy atom. The quantitative estimate of drug-likeness (QED) is 0.881. The van der Waals surface area contributed by atoms with E-state index in [4.69, 9.17) is 5.73 Å². The monoisotopic (exact) mass is 295 g/mol. The summed E-state index contributed by atoms with van der Waals surface area (Å²) < 4.78 is 1.19. The summed E-state index contributed by atoms with van der Waals surface area (Å²) in [4.78, 5) is 0. The Bertz CT molecular complexity index is 345. The lowest BCUT2D eigenvalue weighted by Gasteiger charge is -2.24. The highest BCUT2D eigenvalue weighted by Gasteiger charge is 2.17. The highest BCUT2D eigenvalue weighted by molar-refractivity contribution is 9.10. The van der Waals surface area contributed by atoms with Gasteiger partial charge in [-0.3, -0.25) is 0 Å². The molecule has 1 aromatic rings. The smallest absolute Gasteiger partial charge is 0.0207 e. The SMILES string of the molecule is NC(Cc1ccccc1Br)CC1CCCCC1. The summed E-state index contributed by atoms with van der Waals surface area (Å²) in [5, 5.41) is 0. The van der Waals surface area contributed by atoms with Gasteiger partial charge in [-0.1, -0.05) is 66.2 Å². The summed E-state index contributed by atoms with van der Waals surface area (Å²) in [6.45, 7) is 0. The number of benzene rings is 1. The molecule has 1 atom stereocenters. The van der Waals surface area contributed by atoms with Crippen molar-refractivity contribution in [2.75, 3.05) is 0 Å². The maximum Gasteiger partial charge on any atom is 0.0207 e. The van der Waals surface area contributed by atoms with E-state index in [1.165, 1.54) is 48.6 Å². The molecule has 2 heteroatoms. The minimum atomic E-state index is 0.316. The lowest BCUT2D eigenvalue weighted by Crippen LogP contribution is -2.27. The molecule has 0 saturated heterocycles. The predicted molar refractivity (Wildman–Crippen MR) is 77.0 cm³/mol. The van der Waals surface area contributed by atoms with Crippen LogP contribution in [0.5, 0.6) is 0 Å². The van der Waals surface area contributed by atoms with Crippen LogP contribution >= 0.6 is 15.9 Å². The molecule has 0 radical (unpaired) electrons. The molecule has 1 aliphatic carbocycles. The number of hydrogen-bond acceptors (Lipinski definition) is 1. The number of rotatable bonds is 4. The average molecular weight is 296 g/mol. The average Bonchev–Trinajstić information content (AvgIpc) is 2.33. The zero-order valence-corrected chi connectivity index (χ0v) is 12.0. The van der Waals surface area contributed by atoms with Crippen LogP contribution in [0.25, 0.3) is 0 Å². The Morgan fingerprint density at radius 2 is 1.88 bits per heavy atom. The van der Waals surface area contributed by atoms with Crippen molar-refractivity contribution in [2.24, 2.45) is 11.7 Å². The lowest BCUT2D eigenvalue weighted by molar-refractivity contribution is 0.316. The predicted octanol–water partition coefficient (Wildman–Crippen LogP) is 4.29. The first-order valence-corrected chi connectivity index (χ1v) is 7.54. The van der Waals surface area contributed by atoms with Crippen LogP contribution in [0.2, 0.25) is 0 Å². The van der Waals surface area contributed by atoms with Crippen molar-refractivity contribution in [3.05, 3.63) is 34.3 Å². The Balaban J connectivity index is 1.84. The minimum absolute atomic E-state index is 0.316. The van der Waals surface area contributed by atoms with Gasteiger partial charge in [-0.2, -0.15) is 0 Å². The van der Waals surface area contributed by atoms with Gasteiger partial charge in [-0.05, 0) is 30.4 Å².